The molecule has 1 nitrogen and oxygen atoms in total. The first-order valence-corrected chi connectivity index (χ1v) is 8.35. The van der Waals surface area contributed by atoms with Crippen molar-refractivity contribution in [3.05, 3.63) is 35.9 Å². The summed E-state index contributed by atoms with van der Waals surface area (Å²) in [5.41, 5.74) is 1.76. The summed E-state index contributed by atoms with van der Waals surface area (Å²) in [5, 5.41) is 11.1. The lowest BCUT2D eigenvalue weighted by atomic mass is 9.70. The van der Waals surface area contributed by atoms with Gasteiger partial charge in [-0.3, -0.25) is 0 Å². The van der Waals surface area contributed by atoms with Gasteiger partial charge in [0.1, 0.15) is 0 Å². The van der Waals surface area contributed by atoms with E-state index in [1.165, 1.54) is 18.4 Å². The highest BCUT2D eigenvalue weighted by atomic mass is 32.2. The number of hydrogen-bond donors (Lipinski definition) is 1. The third-order valence-electron chi connectivity index (χ3n) is 6.02. The van der Waals surface area contributed by atoms with Crippen molar-refractivity contribution in [2.45, 2.75) is 50.7 Å². The highest BCUT2D eigenvalue weighted by Crippen LogP contribution is 2.67. The second-order valence-electron chi connectivity index (χ2n) is 6.99. The molecule has 2 saturated carbocycles. The molecule has 0 spiro atoms. The first-order chi connectivity index (χ1) is 8.97. The normalized spacial score (nSPS) is 39.7. The van der Waals surface area contributed by atoms with E-state index < -0.39 is 0 Å². The predicted octanol–water partition coefficient (Wildman–Crippen LogP) is 4.11. The smallest absolute Gasteiger partial charge is 0.0720 e. The highest BCUT2D eigenvalue weighted by molar-refractivity contribution is 7.99. The molecular weight excluding hydrogens is 252 g/mol. The maximum atomic E-state index is 10.7. The molecule has 2 aliphatic rings. The van der Waals surface area contributed by atoms with Crippen LogP contribution in [0.1, 0.15) is 39.2 Å². The molecule has 3 rings (SSSR count). The fourth-order valence-electron chi connectivity index (χ4n) is 4.22. The maximum Gasteiger partial charge on any atom is 0.0720 e. The zero-order valence-corrected chi connectivity index (χ0v) is 12.9. The third-order valence-corrected chi connectivity index (χ3v) is 7.49. The molecule has 4 atom stereocenters. The van der Waals surface area contributed by atoms with E-state index >= 15 is 0 Å². The van der Waals surface area contributed by atoms with Gasteiger partial charge in [-0.2, -0.15) is 11.8 Å². The summed E-state index contributed by atoms with van der Waals surface area (Å²) in [6.45, 7) is 7.01. The molecule has 19 heavy (non-hydrogen) atoms. The van der Waals surface area contributed by atoms with Crippen LogP contribution < -0.4 is 0 Å². The van der Waals surface area contributed by atoms with Gasteiger partial charge in [-0.15, -0.1) is 0 Å². The van der Waals surface area contributed by atoms with Gasteiger partial charge in [0.05, 0.1) is 6.10 Å². The van der Waals surface area contributed by atoms with Gasteiger partial charge in [0.2, 0.25) is 0 Å². The average Bonchev–Trinajstić information content (AvgIpc) is 2.70. The molecule has 0 aromatic heterocycles. The Hall–Kier alpha value is -0.470. The number of aliphatic hydroxyl groups is 1. The van der Waals surface area contributed by atoms with Crippen molar-refractivity contribution in [1.82, 2.24) is 0 Å². The molecule has 2 heteroatoms. The molecule has 1 aromatic rings. The molecule has 0 aliphatic heterocycles. The highest BCUT2D eigenvalue weighted by Gasteiger charge is 2.65. The molecule has 2 aliphatic carbocycles. The fourth-order valence-corrected chi connectivity index (χ4v) is 5.99. The lowest BCUT2D eigenvalue weighted by molar-refractivity contribution is 0.0148. The minimum absolute atomic E-state index is 0.117. The molecule has 2 fully saturated rings. The maximum absolute atomic E-state index is 10.7. The topological polar surface area (TPSA) is 20.2 Å². The summed E-state index contributed by atoms with van der Waals surface area (Å²) in [5.74, 6) is 1.69. The second-order valence-corrected chi connectivity index (χ2v) is 8.16. The molecule has 1 N–H and O–H groups in total. The van der Waals surface area contributed by atoms with Gasteiger partial charge in [-0.1, -0.05) is 51.1 Å². The molecule has 2 bridgehead atoms. The number of benzene rings is 1. The van der Waals surface area contributed by atoms with E-state index in [2.05, 4.69) is 51.1 Å². The van der Waals surface area contributed by atoms with Gasteiger partial charge in [0.25, 0.3) is 0 Å². The van der Waals surface area contributed by atoms with Crippen LogP contribution in [0.3, 0.4) is 0 Å². The van der Waals surface area contributed by atoms with Gasteiger partial charge in [0, 0.05) is 11.0 Å². The molecule has 0 heterocycles. The molecule has 1 aromatic carbocycles. The minimum atomic E-state index is -0.144. The van der Waals surface area contributed by atoms with Gasteiger partial charge in [0.15, 0.2) is 0 Å². The van der Waals surface area contributed by atoms with Crippen molar-refractivity contribution in [3.63, 3.8) is 0 Å². The van der Waals surface area contributed by atoms with E-state index in [1.54, 1.807) is 0 Å². The Bertz CT molecular complexity index is 456. The molecule has 104 valence electrons. The van der Waals surface area contributed by atoms with Crippen LogP contribution in [0.2, 0.25) is 0 Å². The van der Waals surface area contributed by atoms with Crippen LogP contribution in [-0.4, -0.2) is 16.5 Å². The summed E-state index contributed by atoms with van der Waals surface area (Å²) < 4.78 is 0. The molecule has 0 unspecified atom stereocenters. The van der Waals surface area contributed by atoms with E-state index in [4.69, 9.17) is 0 Å². The third kappa shape index (κ3) is 1.87. The summed E-state index contributed by atoms with van der Waals surface area (Å²) in [6, 6.07) is 10.6. The summed E-state index contributed by atoms with van der Waals surface area (Å²) in [6.07, 6.45) is 2.33. The van der Waals surface area contributed by atoms with Crippen molar-refractivity contribution >= 4 is 11.8 Å². The van der Waals surface area contributed by atoms with Crippen molar-refractivity contribution < 1.29 is 5.11 Å². The van der Waals surface area contributed by atoms with Gasteiger partial charge in [-0.05, 0) is 35.2 Å². The molecule has 0 amide bonds. The van der Waals surface area contributed by atoms with Crippen LogP contribution >= 0.6 is 11.8 Å². The zero-order valence-electron chi connectivity index (χ0n) is 12.1. The van der Waals surface area contributed by atoms with Crippen molar-refractivity contribution in [2.75, 3.05) is 0 Å². The van der Waals surface area contributed by atoms with Crippen molar-refractivity contribution in [2.24, 2.45) is 16.7 Å². The number of thioether (sulfide) groups is 1. The molecule has 0 radical (unpaired) electrons. The van der Waals surface area contributed by atoms with Crippen LogP contribution in [-0.2, 0) is 5.75 Å². The summed E-state index contributed by atoms with van der Waals surface area (Å²) >= 11 is 1.96. The quantitative estimate of drug-likeness (QED) is 0.896. The molecule has 0 saturated heterocycles. The Morgan fingerprint density at radius 2 is 1.89 bits per heavy atom. The first kappa shape index (κ1) is 13.5. The predicted molar refractivity (Wildman–Crippen MR) is 82.1 cm³/mol. The standard InChI is InChI=1S/C17H24OS/c1-16(2)13-9-10-17(16,3)15(18)14(13)19-11-12-7-5-4-6-8-12/h4-8,13-15,18H,9-11H2,1-3H3/t13-,14+,15-,17+/m1/s1. The van der Waals surface area contributed by atoms with Gasteiger partial charge in [-0.25, -0.2) is 0 Å². The van der Waals surface area contributed by atoms with Crippen LogP contribution in [0.25, 0.3) is 0 Å². The molecular formula is C17H24OS. The number of hydrogen-bond acceptors (Lipinski definition) is 2. The van der Waals surface area contributed by atoms with Crippen LogP contribution in [0.4, 0.5) is 0 Å². The summed E-state index contributed by atoms with van der Waals surface area (Å²) in [7, 11) is 0. The first-order valence-electron chi connectivity index (χ1n) is 7.30. The Morgan fingerprint density at radius 1 is 1.21 bits per heavy atom. The number of fused-ring (bicyclic) bond motifs is 2. The van der Waals surface area contributed by atoms with Crippen LogP contribution in [0.15, 0.2) is 30.3 Å². The van der Waals surface area contributed by atoms with Crippen molar-refractivity contribution in [3.8, 4) is 0 Å². The fraction of sp³-hybridized carbons (Fsp3) is 0.647. The second kappa shape index (κ2) is 4.53. The largest absolute Gasteiger partial charge is 0.391 e. The average molecular weight is 276 g/mol. The van der Waals surface area contributed by atoms with Crippen molar-refractivity contribution in [1.29, 1.82) is 0 Å². The van der Waals surface area contributed by atoms with Gasteiger partial charge >= 0.3 is 0 Å². The monoisotopic (exact) mass is 276 g/mol. The van der Waals surface area contributed by atoms with E-state index in [9.17, 15) is 5.11 Å². The lowest BCUT2D eigenvalue weighted by Crippen LogP contribution is -2.38. The van der Waals surface area contributed by atoms with E-state index in [-0.39, 0.29) is 16.9 Å². The Kier molecular flexibility index (Phi) is 3.22. The Morgan fingerprint density at radius 3 is 2.47 bits per heavy atom. The van der Waals surface area contributed by atoms with Crippen LogP contribution in [0.5, 0.6) is 0 Å². The summed E-state index contributed by atoms with van der Waals surface area (Å²) in [4.78, 5) is 0. The Balaban J connectivity index is 1.74. The minimum Gasteiger partial charge on any atom is -0.391 e. The number of aliphatic hydroxyl groups excluding tert-OH is 1. The SMILES string of the molecule is CC1(C)[C@@H]2CC[C@@]1(C)[C@H](O)[C@H]2SCc1ccccc1. The van der Waals surface area contributed by atoms with E-state index in [1.807, 2.05) is 11.8 Å². The van der Waals surface area contributed by atoms with E-state index in [0.29, 0.717) is 11.2 Å². The Labute approximate surface area is 120 Å². The van der Waals surface area contributed by atoms with Crippen LogP contribution in [0, 0.1) is 16.7 Å². The number of rotatable bonds is 3. The van der Waals surface area contributed by atoms with Gasteiger partial charge < -0.3 is 5.11 Å². The zero-order chi connectivity index (χ0) is 13.7. The lowest BCUT2D eigenvalue weighted by Gasteiger charge is -2.37. The van der Waals surface area contributed by atoms with E-state index in [0.717, 1.165) is 5.75 Å².